The van der Waals surface area contributed by atoms with Gasteiger partial charge in [0, 0.05) is 10.9 Å². The highest BCUT2D eigenvalue weighted by atomic mass is 32.1. The van der Waals surface area contributed by atoms with Crippen LogP contribution in [0.3, 0.4) is 0 Å². The lowest BCUT2D eigenvalue weighted by Gasteiger charge is -2.28. The van der Waals surface area contributed by atoms with Crippen LogP contribution in [-0.2, 0) is 0 Å². The first-order valence-electron chi connectivity index (χ1n) is 7.47. The summed E-state index contributed by atoms with van der Waals surface area (Å²) in [6.07, 6.45) is 5.30. The van der Waals surface area contributed by atoms with E-state index in [-0.39, 0.29) is 0 Å². The highest BCUT2D eigenvalue weighted by Crippen LogP contribution is 2.29. The Balaban J connectivity index is 1.78. The smallest absolute Gasteiger partial charge is 0.0900 e. The largest absolute Gasteiger partial charge is 0.330 e. The van der Waals surface area contributed by atoms with E-state index < -0.39 is 0 Å². The molecule has 1 aliphatic rings. The van der Waals surface area contributed by atoms with Crippen LogP contribution in [0, 0.1) is 25.7 Å². The topological polar surface area (TPSA) is 50.9 Å². The van der Waals surface area contributed by atoms with Crippen molar-refractivity contribution in [3.05, 3.63) is 15.6 Å². The third-order valence-corrected chi connectivity index (χ3v) is 5.60. The molecule has 2 rings (SSSR count). The van der Waals surface area contributed by atoms with Gasteiger partial charge < -0.3 is 11.1 Å². The van der Waals surface area contributed by atoms with E-state index >= 15 is 0 Å². The molecule has 1 aliphatic carbocycles. The Hall–Kier alpha value is -0.450. The van der Waals surface area contributed by atoms with Crippen LogP contribution in [0.2, 0.25) is 0 Å². The Labute approximate surface area is 121 Å². The van der Waals surface area contributed by atoms with E-state index in [1.54, 1.807) is 0 Å². The van der Waals surface area contributed by atoms with Crippen LogP contribution in [0.15, 0.2) is 0 Å². The van der Waals surface area contributed by atoms with Gasteiger partial charge in [0.25, 0.3) is 0 Å². The maximum atomic E-state index is 5.74. The Kier molecular flexibility index (Phi) is 5.37. The van der Waals surface area contributed by atoms with E-state index in [2.05, 4.69) is 31.1 Å². The molecule has 4 heteroatoms. The van der Waals surface area contributed by atoms with Crippen molar-refractivity contribution in [1.29, 1.82) is 0 Å². The van der Waals surface area contributed by atoms with Crippen LogP contribution in [0.25, 0.3) is 0 Å². The Morgan fingerprint density at radius 2 is 1.89 bits per heavy atom. The molecule has 1 saturated carbocycles. The minimum absolute atomic E-state index is 0.429. The molecule has 108 valence electrons. The number of thiazole rings is 1. The molecule has 19 heavy (non-hydrogen) atoms. The minimum atomic E-state index is 0.429. The van der Waals surface area contributed by atoms with Crippen molar-refractivity contribution in [2.24, 2.45) is 17.6 Å². The van der Waals surface area contributed by atoms with Crippen molar-refractivity contribution in [2.75, 3.05) is 13.1 Å². The molecule has 1 aromatic rings. The number of aryl methyl sites for hydroxylation is 2. The second-order valence-electron chi connectivity index (χ2n) is 5.93. The zero-order chi connectivity index (χ0) is 13.8. The van der Waals surface area contributed by atoms with E-state index in [4.69, 9.17) is 5.73 Å². The van der Waals surface area contributed by atoms with E-state index in [1.807, 2.05) is 11.3 Å². The molecule has 0 aliphatic heterocycles. The first-order chi connectivity index (χ1) is 9.10. The summed E-state index contributed by atoms with van der Waals surface area (Å²) in [6, 6.07) is 0.429. The van der Waals surface area contributed by atoms with Gasteiger partial charge in [0.05, 0.1) is 10.7 Å². The lowest BCUT2D eigenvalue weighted by molar-refractivity contribution is 0.267. The van der Waals surface area contributed by atoms with Crippen LogP contribution in [0.4, 0.5) is 0 Å². The van der Waals surface area contributed by atoms with Gasteiger partial charge in [0.2, 0.25) is 0 Å². The molecule has 3 N–H and O–H groups in total. The van der Waals surface area contributed by atoms with Crippen molar-refractivity contribution in [2.45, 2.75) is 52.5 Å². The molecule has 0 radical (unpaired) electrons. The molecule has 0 spiro atoms. The average molecular weight is 281 g/mol. The van der Waals surface area contributed by atoms with Crippen molar-refractivity contribution in [3.8, 4) is 0 Å². The maximum Gasteiger partial charge on any atom is 0.0900 e. The zero-order valence-corrected chi connectivity index (χ0v) is 13.2. The van der Waals surface area contributed by atoms with Crippen molar-refractivity contribution < 1.29 is 0 Å². The normalized spacial score (nSPS) is 25.5. The van der Waals surface area contributed by atoms with Gasteiger partial charge in [-0.1, -0.05) is 0 Å². The van der Waals surface area contributed by atoms with Gasteiger partial charge in [-0.15, -0.1) is 11.3 Å². The number of rotatable bonds is 5. The molecular formula is C15H27N3S. The quantitative estimate of drug-likeness (QED) is 0.871. The number of nitrogens with zero attached hydrogens (tertiary/aromatic N) is 1. The second kappa shape index (κ2) is 6.82. The summed E-state index contributed by atoms with van der Waals surface area (Å²) in [4.78, 5) is 5.91. The van der Waals surface area contributed by atoms with Crippen molar-refractivity contribution >= 4 is 11.3 Å². The van der Waals surface area contributed by atoms with Gasteiger partial charge in [-0.3, -0.25) is 0 Å². The molecule has 0 aromatic carbocycles. The van der Waals surface area contributed by atoms with E-state index in [0.29, 0.717) is 6.04 Å². The number of hydrogen-bond donors (Lipinski definition) is 2. The van der Waals surface area contributed by atoms with Crippen LogP contribution >= 0.6 is 11.3 Å². The predicted octanol–water partition coefficient (Wildman–Crippen LogP) is 3.18. The molecule has 3 nitrogen and oxygen atoms in total. The van der Waals surface area contributed by atoms with Gasteiger partial charge in [-0.05, 0) is 71.4 Å². The molecule has 0 amide bonds. The van der Waals surface area contributed by atoms with Crippen molar-refractivity contribution in [1.82, 2.24) is 10.3 Å². The van der Waals surface area contributed by atoms with Crippen LogP contribution in [-0.4, -0.2) is 18.1 Å². The van der Waals surface area contributed by atoms with Gasteiger partial charge >= 0.3 is 0 Å². The van der Waals surface area contributed by atoms with E-state index in [0.717, 1.165) is 24.9 Å². The van der Waals surface area contributed by atoms with Gasteiger partial charge in [-0.2, -0.15) is 0 Å². The summed E-state index contributed by atoms with van der Waals surface area (Å²) < 4.78 is 0. The number of nitrogens with two attached hydrogens (primary N) is 1. The molecule has 1 unspecified atom stereocenters. The lowest BCUT2D eigenvalue weighted by atomic mass is 9.82. The van der Waals surface area contributed by atoms with Crippen LogP contribution < -0.4 is 11.1 Å². The van der Waals surface area contributed by atoms with E-state index in [9.17, 15) is 0 Å². The molecule has 1 aromatic heterocycles. The van der Waals surface area contributed by atoms with Crippen LogP contribution in [0.5, 0.6) is 0 Å². The molecule has 1 fully saturated rings. The molecular weight excluding hydrogens is 254 g/mol. The summed E-state index contributed by atoms with van der Waals surface area (Å²) in [5, 5.41) is 4.87. The fraction of sp³-hybridized carbons (Fsp3) is 0.800. The van der Waals surface area contributed by atoms with Gasteiger partial charge in [0.15, 0.2) is 0 Å². The lowest BCUT2D eigenvalue weighted by Crippen LogP contribution is -2.30. The van der Waals surface area contributed by atoms with E-state index in [1.165, 1.54) is 41.3 Å². The molecule has 1 heterocycles. The SMILES string of the molecule is Cc1nc(C)c(C(C)NCC2CCC(CN)CC2)s1. The fourth-order valence-corrected chi connectivity index (χ4v) is 4.01. The highest BCUT2D eigenvalue weighted by Gasteiger charge is 2.21. The summed E-state index contributed by atoms with van der Waals surface area (Å²) in [5.41, 5.74) is 6.93. The minimum Gasteiger partial charge on any atom is -0.330 e. The van der Waals surface area contributed by atoms with Gasteiger partial charge in [0.1, 0.15) is 0 Å². The first kappa shape index (κ1) is 14.9. The maximum absolute atomic E-state index is 5.74. The van der Waals surface area contributed by atoms with Crippen LogP contribution in [0.1, 0.15) is 54.2 Å². The molecule has 0 saturated heterocycles. The zero-order valence-electron chi connectivity index (χ0n) is 12.4. The summed E-state index contributed by atoms with van der Waals surface area (Å²) >= 11 is 1.82. The third-order valence-electron chi connectivity index (χ3n) is 4.35. The summed E-state index contributed by atoms with van der Waals surface area (Å²) in [5.74, 6) is 1.61. The number of aromatic nitrogens is 1. The molecule has 0 bridgehead atoms. The Morgan fingerprint density at radius 1 is 1.26 bits per heavy atom. The number of nitrogens with one attached hydrogen (secondary N) is 1. The summed E-state index contributed by atoms with van der Waals surface area (Å²) in [6.45, 7) is 8.46. The predicted molar refractivity (Wildman–Crippen MR) is 82.5 cm³/mol. The number of hydrogen-bond acceptors (Lipinski definition) is 4. The second-order valence-corrected chi connectivity index (χ2v) is 7.17. The first-order valence-corrected chi connectivity index (χ1v) is 8.29. The summed E-state index contributed by atoms with van der Waals surface area (Å²) in [7, 11) is 0. The monoisotopic (exact) mass is 281 g/mol. The van der Waals surface area contributed by atoms with Crippen molar-refractivity contribution in [3.63, 3.8) is 0 Å². The third kappa shape index (κ3) is 4.01. The Bertz CT molecular complexity index is 394. The fourth-order valence-electron chi connectivity index (χ4n) is 3.06. The standard InChI is InChI=1S/C15H27N3S/c1-10(15-11(2)18-12(3)19-15)17-9-14-6-4-13(8-16)5-7-14/h10,13-14,17H,4-9,16H2,1-3H3. The average Bonchev–Trinajstić information content (AvgIpc) is 2.75. The highest BCUT2D eigenvalue weighted by molar-refractivity contribution is 7.11. The van der Waals surface area contributed by atoms with Gasteiger partial charge in [-0.25, -0.2) is 4.98 Å². The Morgan fingerprint density at radius 3 is 2.42 bits per heavy atom. The molecule has 1 atom stereocenters.